The van der Waals surface area contributed by atoms with E-state index in [1.54, 1.807) is 31.2 Å². The van der Waals surface area contributed by atoms with Crippen LogP contribution in [0.1, 0.15) is 6.92 Å². The maximum atomic E-state index is 11.2. The van der Waals surface area contributed by atoms with E-state index in [9.17, 15) is 4.79 Å². The van der Waals surface area contributed by atoms with Gasteiger partial charge in [0.25, 0.3) is 0 Å². The van der Waals surface area contributed by atoms with Gasteiger partial charge in [0, 0.05) is 11.2 Å². The number of carbonyl (C=O) groups is 1. The molecule has 2 N–H and O–H groups in total. The molecule has 0 aliphatic rings. The highest BCUT2D eigenvalue weighted by atomic mass is 35.5. The van der Waals surface area contributed by atoms with E-state index in [-0.39, 0.29) is 6.03 Å². The predicted molar refractivity (Wildman–Crippen MR) is 63.4 cm³/mol. The van der Waals surface area contributed by atoms with E-state index in [1.807, 2.05) is 0 Å². The summed E-state index contributed by atoms with van der Waals surface area (Å²) in [6.07, 6.45) is 3.24. The fourth-order valence-electron chi connectivity index (χ4n) is 0.908. The van der Waals surface area contributed by atoms with Crippen molar-refractivity contribution in [2.75, 3.05) is 5.32 Å². The van der Waals surface area contributed by atoms with Gasteiger partial charge in [-0.15, -0.1) is 0 Å². The topological polar surface area (TPSA) is 41.1 Å². The van der Waals surface area contributed by atoms with Gasteiger partial charge in [-0.2, -0.15) is 0 Å². The van der Waals surface area contributed by atoms with E-state index in [0.29, 0.717) is 15.7 Å². The van der Waals surface area contributed by atoms with E-state index in [1.165, 1.54) is 6.20 Å². The van der Waals surface area contributed by atoms with Gasteiger partial charge >= 0.3 is 6.03 Å². The number of carbonyl (C=O) groups excluding carboxylic acids is 1. The number of benzene rings is 1. The predicted octanol–water partition coefficient (Wildman–Crippen LogP) is 3.65. The molecule has 1 rings (SSSR count). The molecule has 80 valence electrons. The molecule has 0 aliphatic carbocycles. The number of nitrogens with one attached hydrogen (secondary N) is 2. The summed E-state index contributed by atoms with van der Waals surface area (Å²) in [4.78, 5) is 11.2. The number of urea groups is 1. The van der Waals surface area contributed by atoms with Gasteiger partial charge in [-0.25, -0.2) is 4.79 Å². The highest BCUT2D eigenvalue weighted by molar-refractivity contribution is 6.36. The Morgan fingerprint density at radius 3 is 2.73 bits per heavy atom. The second kappa shape index (κ2) is 5.63. The van der Waals surface area contributed by atoms with Gasteiger partial charge in [0.15, 0.2) is 0 Å². The highest BCUT2D eigenvalue weighted by Gasteiger charge is 2.04. The van der Waals surface area contributed by atoms with Crippen LogP contribution in [0.5, 0.6) is 0 Å². The molecule has 0 bridgehead atoms. The van der Waals surface area contributed by atoms with E-state index < -0.39 is 0 Å². The largest absolute Gasteiger partial charge is 0.323 e. The summed E-state index contributed by atoms with van der Waals surface area (Å²) in [6, 6.07) is 4.50. The molecule has 0 aromatic heterocycles. The third-order valence-corrected chi connectivity index (χ3v) is 2.11. The smallest absolute Gasteiger partial charge is 0.315 e. The molecule has 0 saturated carbocycles. The van der Waals surface area contributed by atoms with Crippen molar-refractivity contribution in [3.05, 3.63) is 40.5 Å². The first-order chi connectivity index (χ1) is 7.13. The van der Waals surface area contributed by atoms with Gasteiger partial charge < -0.3 is 10.6 Å². The third kappa shape index (κ3) is 3.81. The molecule has 1 aromatic carbocycles. The molecule has 2 amide bonds. The van der Waals surface area contributed by atoms with Crippen molar-refractivity contribution in [2.24, 2.45) is 0 Å². The van der Waals surface area contributed by atoms with Crippen molar-refractivity contribution in [2.45, 2.75) is 6.92 Å². The van der Waals surface area contributed by atoms with Crippen LogP contribution in [0.25, 0.3) is 0 Å². The van der Waals surface area contributed by atoms with Gasteiger partial charge in [-0.05, 0) is 25.1 Å². The lowest BCUT2D eigenvalue weighted by molar-refractivity contribution is 0.255. The fourth-order valence-corrected chi connectivity index (χ4v) is 1.36. The molecule has 0 heterocycles. The molecular formula is C10H10Cl2N2O. The lowest BCUT2D eigenvalue weighted by Crippen LogP contribution is -2.23. The number of hydrogen-bond donors (Lipinski definition) is 2. The standard InChI is InChI=1S/C10H10Cl2N2O/c1-2-5-13-10(15)14-9-4-3-7(11)6-8(9)12/h2-6H,1H3,(H2,13,14,15)/b5-2+. The molecule has 0 fully saturated rings. The Morgan fingerprint density at radius 2 is 2.13 bits per heavy atom. The molecule has 15 heavy (non-hydrogen) atoms. The minimum atomic E-state index is -0.350. The van der Waals surface area contributed by atoms with E-state index >= 15 is 0 Å². The number of halogens is 2. The first-order valence-corrected chi connectivity index (χ1v) is 5.03. The second-order valence-corrected chi connectivity index (χ2v) is 3.57. The van der Waals surface area contributed by atoms with Crippen LogP contribution < -0.4 is 10.6 Å². The van der Waals surface area contributed by atoms with Crippen LogP contribution in [0.2, 0.25) is 10.0 Å². The molecule has 0 spiro atoms. The zero-order chi connectivity index (χ0) is 11.3. The molecular weight excluding hydrogens is 235 g/mol. The normalized spacial score (nSPS) is 10.3. The Morgan fingerprint density at radius 1 is 1.40 bits per heavy atom. The van der Waals surface area contributed by atoms with Crippen molar-refractivity contribution in [1.29, 1.82) is 0 Å². The summed E-state index contributed by atoms with van der Waals surface area (Å²) in [5, 5.41) is 6.01. The van der Waals surface area contributed by atoms with Crippen LogP contribution in [0.4, 0.5) is 10.5 Å². The van der Waals surface area contributed by atoms with Crippen LogP contribution in [0.3, 0.4) is 0 Å². The summed E-state index contributed by atoms with van der Waals surface area (Å²) < 4.78 is 0. The van der Waals surface area contributed by atoms with Crippen LogP contribution in [-0.2, 0) is 0 Å². The van der Waals surface area contributed by atoms with Crippen LogP contribution >= 0.6 is 23.2 Å². The van der Waals surface area contributed by atoms with Crippen LogP contribution in [-0.4, -0.2) is 6.03 Å². The summed E-state index contributed by atoms with van der Waals surface area (Å²) in [7, 11) is 0. The Labute approximate surface area is 98.1 Å². The quantitative estimate of drug-likeness (QED) is 0.820. The Hall–Kier alpha value is -1.19. The van der Waals surface area contributed by atoms with E-state index in [4.69, 9.17) is 23.2 Å². The number of anilines is 1. The number of hydrogen-bond acceptors (Lipinski definition) is 1. The maximum absolute atomic E-state index is 11.2. The van der Waals surface area contributed by atoms with Crippen molar-refractivity contribution < 1.29 is 4.79 Å². The number of rotatable bonds is 2. The molecule has 0 atom stereocenters. The first kappa shape index (κ1) is 11.9. The summed E-state index contributed by atoms with van der Waals surface area (Å²) in [5.41, 5.74) is 0.517. The molecule has 3 nitrogen and oxygen atoms in total. The van der Waals surface area contributed by atoms with Gasteiger partial charge in [0.2, 0.25) is 0 Å². The lowest BCUT2D eigenvalue weighted by Gasteiger charge is -2.06. The molecule has 0 radical (unpaired) electrons. The van der Waals surface area contributed by atoms with Gasteiger partial charge in [0.1, 0.15) is 0 Å². The van der Waals surface area contributed by atoms with E-state index in [2.05, 4.69) is 10.6 Å². The minimum absolute atomic E-state index is 0.350. The average molecular weight is 245 g/mol. The maximum Gasteiger partial charge on any atom is 0.323 e. The molecule has 0 aliphatic heterocycles. The van der Waals surface area contributed by atoms with Gasteiger partial charge in [-0.3, -0.25) is 0 Å². The zero-order valence-electron chi connectivity index (χ0n) is 8.05. The van der Waals surface area contributed by atoms with Crippen LogP contribution in [0, 0.1) is 0 Å². The average Bonchev–Trinajstić information content (AvgIpc) is 2.19. The van der Waals surface area contributed by atoms with Crippen molar-refractivity contribution >= 4 is 34.9 Å². The summed E-state index contributed by atoms with van der Waals surface area (Å²) >= 11 is 11.6. The Bertz CT molecular complexity index is 391. The van der Waals surface area contributed by atoms with E-state index in [0.717, 1.165) is 0 Å². The van der Waals surface area contributed by atoms with Crippen molar-refractivity contribution in [3.63, 3.8) is 0 Å². The van der Waals surface area contributed by atoms with Gasteiger partial charge in [0.05, 0.1) is 10.7 Å². The third-order valence-electron chi connectivity index (χ3n) is 1.56. The Balaban J connectivity index is 2.68. The Kier molecular flexibility index (Phi) is 4.46. The minimum Gasteiger partial charge on any atom is -0.315 e. The summed E-state index contributed by atoms with van der Waals surface area (Å²) in [6.45, 7) is 1.80. The number of allylic oxidation sites excluding steroid dienone is 1. The monoisotopic (exact) mass is 244 g/mol. The molecule has 0 unspecified atom stereocenters. The zero-order valence-corrected chi connectivity index (χ0v) is 9.56. The van der Waals surface area contributed by atoms with Gasteiger partial charge in [-0.1, -0.05) is 29.3 Å². The molecule has 0 saturated heterocycles. The molecule has 5 heteroatoms. The molecule has 1 aromatic rings. The highest BCUT2D eigenvalue weighted by Crippen LogP contribution is 2.25. The SMILES string of the molecule is C/C=C/NC(=O)Nc1ccc(Cl)cc1Cl. The first-order valence-electron chi connectivity index (χ1n) is 4.27. The second-order valence-electron chi connectivity index (χ2n) is 2.72. The number of amides is 2. The summed E-state index contributed by atoms with van der Waals surface area (Å²) in [5.74, 6) is 0. The lowest BCUT2D eigenvalue weighted by atomic mass is 10.3. The van der Waals surface area contributed by atoms with Crippen LogP contribution in [0.15, 0.2) is 30.5 Å². The van der Waals surface area contributed by atoms with Crippen molar-refractivity contribution in [1.82, 2.24) is 5.32 Å². The van der Waals surface area contributed by atoms with Crippen molar-refractivity contribution in [3.8, 4) is 0 Å². The fraction of sp³-hybridized carbons (Fsp3) is 0.100.